The summed E-state index contributed by atoms with van der Waals surface area (Å²) in [6.07, 6.45) is -8.77. The Hall–Kier alpha value is -3.01. The van der Waals surface area contributed by atoms with Crippen LogP contribution in [0.1, 0.15) is 32.0 Å². The van der Waals surface area contributed by atoms with Crippen molar-refractivity contribution in [1.29, 1.82) is 0 Å². The molecule has 0 aliphatic carbocycles. The second-order valence-electron chi connectivity index (χ2n) is 6.24. The van der Waals surface area contributed by atoms with Gasteiger partial charge in [-0.15, -0.1) is 0 Å². The normalized spacial score (nSPS) is 12.5. The summed E-state index contributed by atoms with van der Waals surface area (Å²) in [5, 5.41) is 6.32. The molecule has 0 spiro atoms. The smallest absolute Gasteiger partial charge is 0.420 e. The Morgan fingerprint density at radius 1 is 1.16 bits per heavy atom. The molecule has 0 amide bonds. The summed E-state index contributed by atoms with van der Waals surface area (Å²) in [5.41, 5.74) is -0.940. The van der Waals surface area contributed by atoms with Crippen LogP contribution in [0.2, 0.25) is 0 Å². The van der Waals surface area contributed by atoms with Gasteiger partial charge >= 0.3 is 18.5 Å². The number of aromatic nitrogens is 2. The van der Waals surface area contributed by atoms with Gasteiger partial charge in [0.1, 0.15) is 17.4 Å². The third-order valence-corrected chi connectivity index (χ3v) is 4.27. The van der Waals surface area contributed by atoms with Gasteiger partial charge in [0.2, 0.25) is 0 Å². The standard InChI is InChI=1S/C18H21F6N3O.CO2/c1-5-13-15(18(22,23)24)16(27(6-2)26-13)12-8-7-11(9-14(12)28-4)25-10(3)17(19,20)21;2-1-3/h7-10,25H,5-6H2,1-4H3;/t10-;/m1./s1. The molecule has 0 radical (unpaired) electrons. The van der Waals surface area contributed by atoms with Gasteiger partial charge in [-0.1, -0.05) is 6.92 Å². The molecule has 0 fully saturated rings. The van der Waals surface area contributed by atoms with Crippen molar-refractivity contribution in [2.75, 3.05) is 12.4 Å². The number of alkyl halides is 6. The van der Waals surface area contributed by atoms with Crippen molar-refractivity contribution in [3.63, 3.8) is 0 Å². The minimum absolute atomic E-state index is 0.0159. The summed E-state index contributed by atoms with van der Waals surface area (Å²) in [5.74, 6) is 0.0159. The number of rotatable bonds is 6. The zero-order chi connectivity index (χ0) is 24.0. The fourth-order valence-electron chi connectivity index (χ4n) is 2.87. The van der Waals surface area contributed by atoms with Gasteiger partial charge in [0, 0.05) is 23.9 Å². The van der Waals surface area contributed by atoms with E-state index in [1.165, 1.54) is 30.0 Å². The molecule has 1 aromatic heterocycles. The van der Waals surface area contributed by atoms with Gasteiger partial charge in [-0.3, -0.25) is 4.68 Å². The molecule has 12 heteroatoms. The molecule has 0 aliphatic rings. The van der Waals surface area contributed by atoms with E-state index >= 15 is 0 Å². The van der Waals surface area contributed by atoms with Gasteiger partial charge in [0.05, 0.1) is 18.5 Å². The van der Waals surface area contributed by atoms with E-state index in [-0.39, 0.29) is 47.5 Å². The third-order valence-electron chi connectivity index (χ3n) is 4.27. The molecule has 0 aliphatic heterocycles. The number of ether oxygens (including phenoxy) is 1. The molecule has 0 bridgehead atoms. The van der Waals surface area contributed by atoms with Crippen LogP contribution in [0.5, 0.6) is 5.75 Å². The molecular formula is C19H21F6N3O3. The minimum Gasteiger partial charge on any atom is -0.496 e. The van der Waals surface area contributed by atoms with E-state index in [9.17, 15) is 26.3 Å². The van der Waals surface area contributed by atoms with E-state index in [1.54, 1.807) is 13.8 Å². The molecular weight excluding hydrogens is 432 g/mol. The second kappa shape index (κ2) is 10.3. The maximum Gasteiger partial charge on any atom is 0.420 e. The molecule has 2 rings (SSSR count). The maximum atomic E-state index is 13.7. The van der Waals surface area contributed by atoms with Crippen molar-refractivity contribution in [3.05, 3.63) is 29.5 Å². The molecule has 6 nitrogen and oxygen atoms in total. The first-order chi connectivity index (χ1) is 14.3. The number of carbonyl (C=O) groups excluding carboxylic acids is 2. The van der Waals surface area contributed by atoms with Gasteiger partial charge in [-0.05, 0) is 32.4 Å². The summed E-state index contributed by atoms with van der Waals surface area (Å²) >= 11 is 0. The number of hydrogen-bond acceptors (Lipinski definition) is 5. The van der Waals surface area contributed by atoms with Crippen molar-refractivity contribution >= 4 is 11.8 Å². The highest BCUT2D eigenvalue weighted by atomic mass is 19.4. The van der Waals surface area contributed by atoms with Crippen LogP contribution in [-0.4, -0.2) is 35.3 Å². The number of aryl methyl sites for hydroxylation is 2. The molecule has 172 valence electrons. The topological polar surface area (TPSA) is 73.2 Å². The lowest BCUT2D eigenvalue weighted by Gasteiger charge is -2.20. The van der Waals surface area contributed by atoms with Crippen LogP contribution < -0.4 is 10.1 Å². The molecule has 1 heterocycles. The molecule has 1 aromatic carbocycles. The zero-order valence-electron chi connectivity index (χ0n) is 17.1. The van der Waals surface area contributed by atoms with Crippen molar-refractivity contribution in [2.45, 2.75) is 52.1 Å². The van der Waals surface area contributed by atoms with E-state index in [0.717, 1.165) is 6.92 Å². The van der Waals surface area contributed by atoms with Gasteiger partial charge < -0.3 is 10.1 Å². The summed E-state index contributed by atoms with van der Waals surface area (Å²) in [6, 6.07) is 2.01. The van der Waals surface area contributed by atoms with Crippen LogP contribution in [0.15, 0.2) is 18.2 Å². The van der Waals surface area contributed by atoms with Crippen LogP contribution in [-0.2, 0) is 28.7 Å². The van der Waals surface area contributed by atoms with E-state index in [4.69, 9.17) is 14.3 Å². The Balaban J connectivity index is 0.00000151. The van der Waals surface area contributed by atoms with Crippen LogP contribution in [0.25, 0.3) is 11.3 Å². The van der Waals surface area contributed by atoms with E-state index in [1.807, 2.05) is 0 Å². The first-order valence-electron chi connectivity index (χ1n) is 9.03. The van der Waals surface area contributed by atoms with Crippen LogP contribution in [0.4, 0.5) is 32.0 Å². The fraction of sp³-hybridized carbons (Fsp3) is 0.474. The fourth-order valence-corrected chi connectivity index (χ4v) is 2.87. The molecule has 31 heavy (non-hydrogen) atoms. The number of nitrogens with one attached hydrogen (secondary N) is 1. The van der Waals surface area contributed by atoms with E-state index in [2.05, 4.69) is 10.4 Å². The van der Waals surface area contributed by atoms with Crippen LogP contribution in [0.3, 0.4) is 0 Å². The number of halogens is 6. The molecule has 0 unspecified atom stereocenters. The van der Waals surface area contributed by atoms with Gasteiger partial charge in [0.25, 0.3) is 0 Å². The largest absolute Gasteiger partial charge is 0.496 e. The maximum absolute atomic E-state index is 13.7. The van der Waals surface area contributed by atoms with Crippen molar-refractivity contribution in [3.8, 4) is 17.0 Å². The lowest BCUT2D eigenvalue weighted by atomic mass is 10.0. The predicted molar refractivity (Wildman–Crippen MR) is 98.4 cm³/mol. The van der Waals surface area contributed by atoms with Crippen LogP contribution >= 0.6 is 0 Å². The Kier molecular flexibility index (Phi) is 8.68. The molecule has 1 atom stereocenters. The van der Waals surface area contributed by atoms with E-state index < -0.39 is 24.0 Å². The summed E-state index contributed by atoms with van der Waals surface area (Å²) < 4.78 is 85.8. The Morgan fingerprint density at radius 3 is 2.16 bits per heavy atom. The lowest BCUT2D eigenvalue weighted by Crippen LogP contribution is -2.33. The van der Waals surface area contributed by atoms with Crippen LogP contribution in [0, 0.1) is 0 Å². The molecule has 0 saturated carbocycles. The van der Waals surface area contributed by atoms with Gasteiger partial charge in [-0.25, -0.2) is 0 Å². The molecule has 2 aromatic rings. The Bertz CT molecular complexity index is 916. The minimum atomic E-state index is -4.64. The number of anilines is 1. The first-order valence-corrected chi connectivity index (χ1v) is 9.03. The number of methoxy groups -OCH3 is 1. The average Bonchev–Trinajstić information content (AvgIpc) is 3.06. The average molecular weight is 453 g/mol. The molecule has 0 saturated heterocycles. The number of hydrogen-bond donors (Lipinski definition) is 1. The number of benzene rings is 1. The lowest BCUT2D eigenvalue weighted by molar-refractivity contribution is -0.191. The quantitative estimate of drug-likeness (QED) is 0.628. The number of nitrogens with zero attached hydrogens (tertiary/aromatic N) is 2. The van der Waals surface area contributed by atoms with E-state index in [0.29, 0.717) is 0 Å². The summed E-state index contributed by atoms with van der Waals surface area (Å²) in [4.78, 5) is 16.2. The predicted octanol–water partition coefficient (Wildman–Crippen LogP) is 4.94. The zero-order valence-corrected chi connectivity index (χ0v) is 17.1. The van der Waals surface area contributed by atoms with Crippen molar-refractivity contribution in [2.24, 2.45) is 0 Å². The third kappa shape index (κ3) is 6.24. The highest BCUT2D eigenvalue weighted by molar-refractivity contribution is 5.75. The monoisotopic (exact) mass is 453 g/mol. The Morgan fingerprint density at radius 2 is 1.74 bits per heavy atom. The highest BCUT2D eigenvalue weighted by Gasteiger charge is 2.40. The molecule has 1 N–H and O–H groups in total. The van der Waals surface area contributed by atoms with Gasteiger partial charge in [-0.2, -0.15) is 41.0 Å². The van der Waals surface area contributed by atoms with Crippen molar-refractivity contribution in [1.82, 2.24) is 9.78 Å². The summed E-state index contributed by atoms with van der Waals surface area (Å²) in [7, 11) is 1.25. The first kappa shape index (κ1) is 26.0. The van der Waals surface area contributed by atoms with Crippen molar-refractivity contribution < 1.29 is 40.7 Å². The van der Waals surface area contributed by atoms with Gasteiger partial charge in [0.15, 0.2) is 0 Å². The summed E-state index contributed by atoms with van der Waals surface area (Å²) in [6.45, 7) is 4.36. The highest BCUT2D eigenvalue weighted by Crippen LogP contribution is 2.43. The SMILES string of the molecule is CCc1nn(CC)c(-c2ccc(N[C@H](C)C(F)(F)F)cc2OC)c1C(F)(F)F.O=C=O. The second-order valence-corrected chi connectivity index (χ2v) is 6.24. The Labute approximate surface area is 174 Å².